The van der Waals surface area contributed by atoms with Crippen LogP contribution in [0.3, 0.4) is 0 Å². The second-order valence-electron chi connectivity index (χ2n) is 6.59. The van der Waals surface area contributed by atoms with E-state index >= 15 is 0 Å². The Balaban J connectivity index is 1.74. The number of aromatic amines is 1. The molecule has 4 aromatic rings. The van der Waals surface area contributed by atoms with E-state index in [-0.39, 0.29) is 5.78 Å². The number of ketones is 1. The molecule has 0 saturated carbocycles. The third-order valence-electron chi connectivity index (χ3n) is 4.75. The Kier molecular flexibility index (Phi) is 5.15. The van der Waals surface area contributed by atoms with Gasteiger partial charge in [-0.25, -0.2) is 4.98 Å². The standard InChI is InChI=1S/C21H19ClN4OS/c1-2-3-8-23-21(28)26-9-7-14-15(5-4-6-18(14)26)19(27)17-12-25-20-16(17)10-13(22)11-24-20/h4-7,9-12H,2-3,8H2,1H3,(H,23,28)(H,24,25). The van der Waals surface area contributed by atoms with E-state index in [0.717, 1.165) is 30.3 Å². The van der Waals surface area contributed by atoms with Crippen molar-refractivity contribution in [1.82, 2.24) is 19.9 Å². The monoisotopic (exact) mass is 410 g/mol. The highest BCUT2D eigenvalue weighted by atomic mass is 35.5. The first-order chi connectivity index (χ1) is 13.6. The number of nitrogens with zero attached hydrogens (tertiary/aromatic N) is 2. The first-order valence-electron chi connectivity index (χ1n) is 9.15. The van der Waals surface area contributed by atoms with Gasteiger partial charge in [-0.15, -0.1) is 0 Å². The molecule has 1 aromatic carbocycles. The Morgan fingerprint density at radius 3 is 2.96 bits per heavy atom. The molecule has 28 heavy (non-hydrogen) atoms. The summed E-state index contributed by atoms with van der Waals surface area (Å²) in [6.07, 6.45) is 7.30. The first-order valence-corrected chi connectivity index (χ1v) is 9.94. The van der Waals surface area contributed by atoms with E-state index in [1.54, 1.807) is 18.5 Å². The second-order valence-corrected chi connectivity index (χ2v) is 7.41. The van der Waals surface area contributed by atoms with E-state index in [1.807, 2.05) is 35.0 Å². The van der Waals surface area contributed by atoms with Crippen LogP contribution in [-0.4, -0.2) is 32.0 Å². The molecular weight excluding hydrogens is 392 g/mol. The number of fused-ring (bicyclic) bond motifs is 2. The highest BCUT2D eigenvalue weighted by molar-refractivity contribution is 7.80. The van der Waals surface area contributed by atoms with Crippen LogP contribution in [0.1, 0.15) is 35.7 Å². The first kappa shape index (κ1) is 18.7. The molecule has 2 N–H and O–H groups in total. The van der Waals surface area contributed by atoms with Gasteiger partial charge < -0.3 is 10.3 Å². The molecule has 0 spiro atoms. The average Bonchev–Trinajstić information content (AvgIpc) is 3.31. The van der Waals surface area contributed by atoms with E-state index in [9.17, 15) is 4.79 Å². The van der Waals surface area contributed by atoms with Crippen molar-refractivity contribution in [3.05, 3.63) is 65.1 Å². The summed E-state index contributed by atoms with van der Waals surface area (Å²) < 4.78 is 1.91. The summed E-state index contributed by atoms with van der Waals surface area (Å²) in [5, 5.41) is 5.97. The van der Waals surface area contributed by atoms with E-state index < -0.39 is 0 Å². The quantitative estimate of drug-likeness (QED) is 0.278. The largest absolute Gasteiger partial charge is 0.362 e. The molecule has 0 radical (unpaired) electrons. The Hall–Kier alpha value is -2.70. The van der Waals surface area contributed by atoms with Crippen LogP contribution in [0.2, 0.25) is 5.02 Å². The molecule has 0 aliphatic carbocycles. The Labute approximate surface area is 172 Å². The fraction of sp³-hybridized carbons (Fsp3) is 0.190. The van der Waals surface area contributed by atoms with Gasteiger partial charge in [0.05, 0.1) is 10.5 Å². The molecule has 3 heterocycles. The lowest BCUT2D eigenvalue weighted by Gasteiger charge is -2.10. The number of carbonyl (C=O) groups excluding carboxylic acids is 1. The molecule has 3 aromatic heterocycles. The summed E-state index contributed by atoms with van der Waals surface area (Å²) in [7, 11) is 0. The molecule has 0 atom stereocenters. The maximum atomic E-state index is 13.3. The molecule has 0 bridgehead atoms. The minimum atomic E-state index is -0.0801. The van der Waals surface area contributed by atoms with Crippen LogP contribution < -0.4 is 5.32 Å². The fourth-order valence-corrected chi connectivity index (χ4v) is 3.73. The zero-order valence-corrected chi connectivity index (χ0v) is 16.9. The van der Waals surface area contributed by atoms with Gasteiger partial charge in [0, 0.05) is 47.0 Å². The number of aromatic nitrogens is 3. The number of nitrogens with one attached hydrogen (secondary N) is 2. The Bertz CT molecular complexity index is 1190. The van der Waals surface area contributed by atoms with Crippen LogP contribution >= 0.6 is 23.8 Å². The maximum Gasteiger partial charge on any atom is 0.195 e. The van der Waals surface area contributed by atoms with Gasteiger partial charge in [0.1, 0.15) is 5.65 Å². The number of thiocarbonyl (C=S) groups is 1. The van der Waals surface area contributed by atoms with Crippen LogP contribution in [-0.2, 0) is 0 Å². The van der Waals surface area contributed by atoms with Crippen molar-refractivity contribution in [2.24, 2.45) is 0 Å². The number of pyridine rings is 1. The number of benzene rings is 1. The lowest BCUT2D eigenvalue weighted by molar-refractivity contribution is 0.104. The zero-order valence-electron chi connectivity index (χ0n) is 15.3. The second kappa shape index (κ2) is 7.73. The van der Waals surface area contributed by atoms with Crippen molar-refractivity contribution < 1.29 is 4.79 Å². The Morgan fingerprint density at radius 2 is 2.14 bits per heavy atom. The summed E-state index contributed by atoms with van der Waals surface area (Å²) in [5.74, 6) is -0.0801. The van der Waals surface area contributed by atoms with Crippen molar-refractivity contribution in [3.63, 3.8) is 0 Å². The van der Waals surface area contributed by atoms with Gasteiger partial charge in [0.2, 0.25) is 0 Å². The SMILES string of the molecule is CCCCNC(=S)n1ccc2c(C(=O)c3c[nH]c4ncc(Cl)cc34)cccc21. The van der Waals surface area contributed by atoms with Gasteiger partial charge in [-0.05, 0) is 36.8 Å². The zero-order chi connectivity index (χ0) is 19.7. The topological polar surface area (TPSA) is 62.7 Å². The van der Waals surface area contributed by atoms with Crippen LogP contribution in [0, 0.1) is 0 Å². The minimum absolute atomic E-state index is 0.0801. The predicted molar refractivity (Wildman–Crippen MR) is 117 cm³/mol. The lowest BCUT2D eigenvalue weighted by Crippen LogP contribution is -2.28. The number of rotatable bonds is 5. The predicted octanol–water partition coefficient (Wildman–Crippen LogP) is 4.92. The number of H-pyrrole nitrogens is 1. The van der Waals surface area contributed by atoms with Crippen LogP contribution in [0.25, 0.3) is 21.9 Å². The molecule has 7 heteroatoms. The van der Waals surface area contributed by atoms with Crippen molar-refractivity contribution in [3.8, 4) is 0 Å². The third kappa shape index (κ3) is 3.30. The van der Waals surface area contributed by atoms with E-state index in [0.29, 0.717) is 32.3 Å². The number of hydrogen-bond acceptors (Lipinski definition) is 3. The molecule has 0 amide bonds. The van der Waals surface area contributed by atoms with Gasteiger partial charge in [-0.3, -0.25) is 9.36 Å². The molecular formula is C21H19ClN4OS. The van der Waals surface area contributed by atoms with E-state index in [1.165, 1.54) is 0 Å². The molecule has 5 nitrogen and oxygen atoms in total. The van der Waals surface area contributed by atoms with E-state index in [2.05, 4.69) is 22.2 Å². The van der Waals surface area contributed by atoms with Gasteiger partial charge in [0.25, 0.3) is 0 Å². The number of carbonyl (C=O) groups is 1. The third-order valence-corrected chi connectivity index (χ3v) is 5.29. The molecule has 0 saturated heterocycles. The summed E-state index contributed by atoms with van der Waals surface area (Å²) in [5.41, 5.74) is 2.71. The summed E-state index contributed by atoms with van der Waals surface area (Å²) in [6.45, 7) is 2.97. The van der Waals surface area contributed by atoms with Crippen molar-refractivity contribution in [1.29, 1.82) is 0 Å². The maximum absolute atomic E-state index is 13.3. The number of unbranched alkanes of at least 4 members (excludes halogenated alkanes) is 1. The van der Waals surface area contributed by atoms with Gasteiger partial charge >= 0.3 is 0 Å². The lowest BCUT2D eigenvalue weighted by atomic mass is 10.0. The molecule has 4 rings (SSSR count). The van der Waals surface area contributed by atoms with Crippen LogP contribution in [0.5, 0.6) is 0 Å². The molecule has 142 valence electrons. The molecule has 0 unspecified atom stereocenters. The van der Waals surface area contributed by atoms with Crippen molar-refractivity contribution in [2.75, 3.05) is 6.54 Å². The molecule has 0 aliphatic heterocycles. The summed E-state index contributed by atoms with van der Waals surface area (Å²) in [4.78, 5) is 20.6. The minimum Gasteiger partial charge on any atom is -0.362 e. The van der Waals surface area contributed by atoms with Gasteiger partial charge in [-0.1, -0.05) is 37.1 Å². The van der Waals surface area contributed by atoms with Crippen LogP contribution in [0.15, 0.2) is 48.9 Å². The van der Waals surface area contributed by atoms with Crippen LogP contribution in [0.4, 0.5) is 0 Å². The molecule has 0 aliphatic rings. The van der Waals surface area contributed by atoms with Gasteiger partial charge in [-0.2, -0.15) is 0 Å². The highest BCUT2D eigenvalue weighted by Crippen LogP contribution is 2.27. The average molecular weight is 411 g/mol. The van der Waals surface area contributed by atoms with Gasteiger partial charge in [0.15, 0.2) is 10.9 Å². The van der Waals surface area contributed by atoms with Crippen molar-refractivity contribution in [2.45, 2.75) is 19.8 Å². The summed E-state index contributed by atoms with van der Waals surface area (Å²) >= 11 is 11.6. The number of hydrogen-bond donors (Lipinski definition) is 2. The molecule has 0 fully saturated rings. The highest BCUT2D eigenvalue weighted by Gasteiger charge is 2.19. The van der Waals surface area contributed by atoms with E-state index in [4.69, 9.17) is 23.8 Å². The Morgan fingerprint density at radius 1 is 1.29 bits per heavy atom. The smallest absolute Gasteiger partial charge is 0.195 e. The fourth-order valence-electron chi connectivity index (χ4n) is 3.31. The van der Waals surface area contributed by atoms with Crippen molar-refractivity contribution >= 4 is 56.7 Å². The summed E-state index contributed by atoms with van der Waals surface area (Å²) in [6, 6.07) is 9.36. The normalized spacial score (nSPS) is 11.2. The number of halogens is 1.